The first-order valence-corrected chi connectivity index (χ1v) is 9.50. The topological polar surface area (TPSA) is 107 Å². The largest absolute Gasteiger partial charge is 0.364 e. The lowest BCUT2D eigenvalue weighted by atomic mass is 10.2. The molecule has 1 fully saturated rings. The molecular weight excluding hydrogens is 366 g/mol. The first-order valence-electron chi connectivity index (χ1n) is 7.58. The van der Waals surface area contributed by atoms with E-state index in [0.29, 0.717) is 17.3 Å². The zero-order chi connectivity index (χ0) is 18.2. The molecule has 0 aliphatic heterocycles. The lowest BCUT2D eigenvalue weighted by molar-refractivity contribution is -0.387. The molecule has 25 heavy (non-hydrogen) atoms. The summed E-state index contributed by atoms with van der Waals surface area (Å²) in [7, 11) is -4.16. The zero-order valence-corrected chi connectivity index (χ0v) is 14.7. The minimum absolute atomic E-state index is 0.274. The Morgan fingerprint density at radius 2 is 1.84 bits per heavy atom. The molecular formula is C16H16ClN3O4S. The quantitative estimate of drug-likeness (QED) is 0.611. The van der Waals surface area contributed by atoms with E-state index in [4.69, 9.17) is 16.7 Å². The van der Waals surface area contributed by atoms with Crippen LogP contribution >= 0.6 is 11.6 Å². The van der Waals surface area contributed by atoms with Gasteiger partial charge in [0.05, 0.1) is 4.92 Å². The number of primary sulfonamides is 1. The summed E-state index contributed by atoms with van der Waals surface area (Å²) in [4.78, 5) is 12.1. The van der Waals surface area contributed by atoms with Crippen molar-refractivity contribution in [3.8, 4) is 0 Å². The predicted octanol–water partition coefficient (Wildman–Crippen LogP) is 3.06. The Kier molecular flexibility index (Phi) is 4.68. The molecule has 2 N–H and O–H groups in total. The van der Waals surface area contributed by atoms with Gasteiger partial charge in [-0.05, 0) is 42.7 Å². The molecule has 0 saturated heterocycles. The summed E-state index contributed by atoms with van der Waals surface area (Å²) < 4.78 is 23.1. The standard InChI is InChI=1S/C16H16ClN3O4S/c17-12-3-1-11(2-4-12)10-19(13-5-6-13)14-7-8-16(25(18,23)24)15(9-14)20(21)22/h1-4,7-9,13H,5-6,10H2,(H2,18,23,24). The number of rotatable bonds is 6. The highest BCUT2D eigenvalue weighted by Gasteiger charge is 2.31. The molecule has 7 nitrogen and oxygen atoms in total. The van der Waals surface area contributed by atoms with E-state index in [1.54, 1.807) is 18.2 Å². The molecule has 3 rings (SSSR count). The molecule has 1 saturated carbocycles. The minimum Gasteiger partial charge on any atom is -0.364 e. The van der Waals surface area contributed by atoms with Crippen molar-refractivity contribution >= 4 is 33.0 Å². The van der Waals surface area contributed by atoms with Crippen molar-refractivity contribution < 1.29 is 13.3 Å². The van der Waals surface area contributed by atoms with Crippen LogP contribution in [0.15, 0.2) is 47.4 Å². The molecule has 0 atom stereocenters. The van der Waals surface area contributed by atoms with Crippen LogP contribution in [0.1, 0.15) is 18.4 Å². The summed E-state index contributed by atoms with van der Waals surface area (Å²) in [5.74, 6) is 0. The third-order valence-corrected chi connectivity index (χ3v) is 5.24. The molecule has 0 spiro atoms. The van der Waals surface area contributed by atoms with Crippen LogP contribution in [-0.4, -0.2) is 19.4 Å². The summed E-state index contributed by atoms with van der Waals surface area (Å²) in [5.41, 5.74) is 1.09. The number of anilines is 1. The Morgan fingerprint density at radius 3 is 2.36 bits per heavy atom. The number of halogens is 1. The van der Waals surface area contributed by atoms with E-state index in [-0.39, 0.29) is 6.04 Å². The average molecular weight is 382 g/mol. The van der Waals surface area contributed by atoms with E-state index in [1.165, 1.54) is 12.1 Å². The number of nitro benzene ring substituents is 1. The molecule has 2 aromatic carbocycles. The van der Waals surface area contributed by atoms with Crippen molar-refractivity contribution in [3.05, 3.63) is 63.2 Å². The minimum atomic E-state index is -4.16. The van der Waals surface area contributed by atoms with Crippen molar-refractivity contribution in [2.45, 2.75) is 30.3 Å². The molecule has 9 heteroatoms. The molecule has 0 heterocycles. The van der Waals surface area contributed by atoms with E-state index in [1.807, 2.05) is 17.0 Å². The molecule has 0 unspecified atom stereocenters. The van der Waals surface area contributed by atoms with Crippen molar-refractivity contribution in [2.24, 2.45) is 5.14 Å². The van der Waals surface area contributed by atoms with Gasteiger partial charge in [-0.15, -0.1) is 0 Å². The molecule has 2 aromatic rings. The number of nitro groups is 1. The van der Waals surface area contributed by atoms with Gasteiger partial charge in [0.25, 0.3) is 5.69 Å². The van der Waals surface area contributed by atoms with E-state index >= 15 is 0 Å². The highest BCUT2D eigenvalue weighted by atomic mass is 35.5. The normalized spacial score (nSPS) is 14.3. The number of nitrogens with two attached hydrogens (primary N) is 1. The van der Waals surface area contributed by atoms with Gasteiger partial charge < -0.3 is 4.90 Å². The fourth-order valence-corrected chi connectivity index (χ4v) is 3.48. The number of benzene rings is 2. The molecule has 0 radical (unpaired) electrons. The Bertz CT molecular complexity index is 911. The number of hydrogen-bond donors (Lipinski definition) is 1. The highest BCUT2D eigenvalue weighted by molar-refractivity contribution is 7.89. The van der Waals surface area contributed by atoms with E-state index in [2.05, 4.69) is 0 Å². The fraction of sp³-hybridized carbons (Fsp3) is 0.250. The molecule has 1 aliphatic carbocycles. The highest BCUT2D eigenvalue weighted by Crippen LogP contribution is 2.36. The van der Waals surface area contributed by atoms with Gasteiger partial charge in [0.15, 0.2) is 4.90 Å². The molecule has 0 aromatic heterocycles. The first-order chi connectivity index (χ1) is 11.8. The van der Waals surface area contributed by atoms with E-state index < -0.39 is 25.5 Å². The number of nitrogens with zero attached hydrogens (tertiary/aromatic N) is 2. The monoisotopic (exact) mass is 381 g/mol. The van der Waals surface area contributed by atoms with Crippen molar-refractivity contribution in [1.82, 2.24) is 0 Å². The predicted molar refractivity (Wildman–Crippen MR) is 95.1 cm³/mol. The summed E-state index contributed by atoms with van der Waals surface area (Å²) >= 11 is 5.90. The fourth-order valence-electron chi connectivity index (χ4n) is 2.67. The lowest BCUT2D eigenvalue weighted by Gasteiger charge is -2.25. The van der Waals surface area contributed by atoms with Gasteiger partial charge in [-0.2, -0.15) is 0 Å². The van der Waals surface area contributed by atoms with Crippen LogP contribution in [0.3, 0.4) is 0 Å². The van der Waals surface area contributed by atoms with Crippen molar-refractivity contribution in [1.29, 1.82) is 0 Å². The van der Waals surface area contributed by atoms with Crippen LogP contribution in [0.2, 0.25) is 5.02 Å². The van der Waals surface area contributed by atoms with Crippen LogP contribution in [0, 0.1) is 10.1 Å². The van der Waals surface area contributed by atoms with E-state index in [0.717, 1.165) is 18.4 Å². The lowest BCUT2D eigenvalue weighted by Crippen LogP contribution is -2.25. The number of sulfonamides is 1. The van der Waals surface area contributed by atoms with Crippen molar-refractivity contribution in [3.63, 3.8) is 0 Å². The van der Waals surface area contributed by atoms with Gasteiger partial charge in [0, 0.05) is 29.4 Å². The second kappa shape index (κ2) is 6.62. The molecule has 0 bridgehead atoms. The van der Waals surface area contributed by atoms with Crippen LogP contribution in [0.25, 0.3) is 0 Å². The second-order valence-electron chi connectivity index (χ2n) is 5.94. The maximum Gasteiger partial charge on any atom is 0.291 e. The maximum absolute atomic E-state index is 11.6. The summed E-state index contributed by atoms with van der Waals surface area (Å²) in [6, 6.07) is 11.7. The van der Waals surface area contributed by atoms with Gasteiger partial charge in [-0.3, -0.25) is 10.1 Å². The van der Waals surface area contributed by atoms with Crippen molar-refractivity contribution in [2.75, 3.05) is 4.90 Å². The first kappa shape index (κ1) is 17.7. The third-order valence-electron chi connectivity index (χ3n) is 4.03. The Morgan fingerprint density at radius 1 is 1.20 bits per heavy atom. The smallest absolute Gasteiger partial charge is 0.291 e. The molecule has 0 amide bonds. The molecule has 132 valence electrons. The number of hydrogen-bond acceptors (Lipinski definition) is 5. The summed E-state index contributed by atoms with van der Waals surface area (Å²) in [6.07, 6.45) is 1.97. The Labute approximate surface area is 150 Å². The zero-order valence-electron chi connectivity index (χ0n) is 13.1. The third kappa shape index (κ3) is 4.09. The summed E-state index contributed by atoms with van der Waals surface area (Å²) in [5, 5.41) is 17.0. The van der Waals surface area contributed by atoms with E-state index in [9.17, 15) is 18.5 Å². The Balaban J connectivity index is 1.98. The van der Waals surface area contributed by atoms with Crippen LogP contribution in [0.4, 0.5) is 11.4 Å². The average Bonchev–Trinajstić information content (AvgIpc) is 3.37. The molecule has 1 aliphatic rings. The Hall–Kier alpha value is -2.16. The van der Waals surface area contributed by atoms with Gasteiger partial charge >= 0.3 is 0 Å². The van der Waals surface area contributed by atoms with Crippen LogP contribution < -0.4 is 10.0 Å². The van der Waals surface area contributed by atoms with Gasteiger partial charge in [-0.25, -0.2) is 13.6 Å². The van der Waals surface area contributed by atoms with Gasteiger partial charge in [-0.1, -0.05) is 23.7 Å². The summed E-state index contributed by atoms with van der Waals surface area (Å²) in [6.45, 7) is 0.549. The van der Waals surface area contributed by atoms with Crippen LogP contribution in [-0.2, 0) is 16.6 Å². The van der Waals surface area contributed by atoms with Crippen LogP contribution in [0.5, 0.6) is 0 Å². The maximum atomic E-state index is 11.6. The van der Waals surface area contributed by atoms with Gasteiger partial charge in [0.1, 0.15) is 0 Å². The van der Waals surface area contributed by atoms with Gasteiger partial charge in [0.2, 0.25) is 10.0 Å². The second-order valence-corrected chi connectivity index (χ2v) is 7.91. The SMILES string of the molecule is NS(=O)(=O)c1ccc(N(Cc2ccc(Cl)cc2)C2CC2)cc1[N+](=O)[O-].